The van der Waals surface area contributed by atoms with Gasteiger partial charge in [-0.05, 0) is 72.5 Å². The third-order valence-corrected chi connectivity index (χ3v) is 6.96. The van der Waals surface area contributed by atoms with E-state index in [9.17, 15) is 0 Å². The minimum absolute atomic E-state index is 0.0185. The predicted molar refractivity (Wildman–Crippen MR) is 149 cm³/mol. The number of hydrogen-bond donors (Lipinski definition) is 1. The second kappa shape index (κ2) is 8.65. The van der Waals surface area contributed by atoms with Crippen LogP contribution in [-0.2, 0) is 5.41 Å². The van der Waals surface area contributed by atoms with Crippen LogP contribution >= 0.6 is 0 Å². The van der Waals surface area contributed by atoms with Crippen molar-refractivity contribution >= 4 is 5.69 Å². The zero-order valence-electron chi connectivity index (χ0n) is 24.6. The fourth-order valence-electron chi connectivity index (χ4n) is 5.59. The lowest BCUT2D eigenvalue weighted by molar-refractivity contribution is 0.0726. The van der Waals surface area contributed by atoms with E-state index in [0.29, 0.717) is 12.0 Å². The van der Waals surface area contributed by atoms with Crippen LogP contribution in [0.1, 0.15) is 116 Å². The average Bonchev–Trinajstić information content (AvgIpc) is 2.97. The van der Waals surface area contributed by atoms with E-state index >= 15 is 0 Å². The molecule has 2 nitrogen and oxygen atoms in total. The molecule has 33 heavy (non-hydrogen) atoms. The number of hydrogen-bond acceptors (Lipinski definition) is 1. The Hall–Kier alpha value is -1.44. The summed E-state index contributed by atoms with van der Waals surface area (Å²) in [6.45, 7) is 35.9. The highest BCUT2D eigenvalue weighted by molar-refractivity contribution is 5.73. The Labute approximate surface area is 206 Å². The molecular formula is C31H54N2. The first-order valence-electron chi connectivity index (χ1n) is 12.9. The first-order chi connectivity index (χ1) is 14.5. The molecule has 0 spiro atoms. The molecule has 0 aromatic heterocycles. The van der Waals surface area contributed by atoms with Crippen LogP contribution in [0.2, 0.25) is 0 Å². The maximum Gasteiger partial charge on any atom is 0.0543 e. The van der Waals surface area contributed by atoms with Crippen molar-refractivity contribution in [2.45, 2.75) is 127 Å². The number of aromatic amines is 1. The molecule has 2 unspecified atom stereocenters. The van der Waals surface area contributed by atoms with E-state index in [1.165, 1.54) is 28.9 Å². The van der Waals surface area contributed by atoms with Crippen molar-refractivity contribution < 1.29 is 0 Å². The third kappa shape index (κ3) is 6.58. The number of rotatable bonds is 4. The second-order valence-electron chi connectivity index (χ2n) is 15.8. The molecule has 0 saturated carbocycles. The lowest BCUT2D eigenvalue weighted by Gasteiger charge is -2.56. The molecule has 0 bridgehead atoms. The Morgan fingerprint density at radius 1 is 0.758 bits per heavy atom. The van der Waals surface area contributed by atoms with Crippen molar-refractivity contribution in [2.75, 3.05) is 4.90 Å². The standard InChI is InChI=1S/C31H54N2/c1-27(2,3)19-24(29(7,8)9)26(30(10,11)12)33(31(13,14)15)21-18-22-23(28(4,5)6)16-17-25(22)32-20-21/h16-18,20,24,26,32H,19H2,1-15H3. The Balaban J connectivity index is 2.81. The molecule has 2 aliphatic rings. The molecule has 0 saturated heterocycles. The van der Waals surface area contributed by atoms with Crippen molar-refractivity contribution in [2.24, 2.45) is 22.2 Å². The van der Waals surface area contributed by atoms with Crippen molar-refractivity contribution in [3.05, 3.63) is 30.0 Å². The SMILES string of the molecule is CC(C)(C)CC(C(N(c1c[nH]c2ccc(C(C)(C)C)c-2c1)C(C)(C)C)C(C)(C)C)C(C)(C)C. The van der Waals surface area contributed by atoms with E-state index in [0.717, 1.165) is 0 Å². The Bertz CT molecular complexity index is 881. The van der Waals surface area contributed by atoms with Crippen LogP contribution in [0.25, 0.3) is 11.3 Å². The summed E-state index contributed by atoms with van der Waals surface area (Å²) in [6.07, 6.45) is 3.44. The average molecular weight is 455 g/mol. The van der Waals surface area contributed by atoms with Gasteiger partial charge in [0.1, 0.15) is 0 Å². The van der Waals surface area contributed by atoms with Gasteiger partial charge in [-0.3, -0.25) is 0 Å². The number of fused-ring (bicyclic) bond motifs is 1. The number of nitrogens with one attached hydrogen (secondary N) is 1. The summed E-state index contributed by atoms with van der Waals surface area (Å²) in [7, 11) is 0. The number of aromatic nitrogens is 1. The van der Waals surface area contributed by atoms with E-state index in [1.807, 2.05) is 0 Å². The van der Waals surface area contributed by atoms with E-state index in [2.05, 4.69) is 138 Å². The molecule has 1 heterocycles. The Kier molecular flexibility index (Phi) is 7.29. The van der Waals surface area contributed by atoms with Gasteiger partial charge in [0.05, 0.1) is 5.69 Å². The van der Waals surface area contributed by atoms with Gasteiger partial charge >= 0.3 is 0 Å². The van der Waals surface area contributed by atoms with Crippen molar-refractivity contribution in [1.82, 2.24) is 4.98 Å². The fourth-order valence-corrected chi connectivity index (χ4v) is 5.59. The van der Waals surface area contributed by atoms with Gasteiger partial charge < -0.3 is 9.88 Å². The molecule has 1 aliphatic heterocycles. The molecule has 0 aromatic rings. The molecule has 2 atom stereocenters. The van der Waals surface area contributed by atoms with Crippen LogP contribution in [0.15, 0.2) is 24.4 Å². The van der Waals surface area contributed by atoms with Gasteiger partial charge in [0.15, 0.2) is 0 Å². The highest BCUT2D eigenvalue weighted by atomic mass is 15.2. The van der Waals surface area contributed by atoms with Crippen molar-refractivity contribution in [3.8, 4) is 11.3 Å². The summed E-state index contributed by atoms with van der Waals surface area (Å²) < 4.78 is 0. The van der Waals surface area contributed by atoms with E-state index in [-0.39, 0.29) is 27.2 Å². The fraction of sp³-hybridized carbons (Fsp3) is 0.742. The van der Waals surface area contributed by atoms with Crippen LogP contribution < -0.4 is 4.90 Å². The molecule has 0 amide bonds. The second-order valence-corrected chi connectivity index (χ2v) is 15.8. The zero-order chi connectivity index (χ0) is 25.8. The van der Waals surface area contributed by atoms with Crippen molar-refractivity contribution in [1.29, 1.82) is 0 Å². The number of anilines is 1. The predicted octanol–water partition coefficient (Wildman–Crippen LogP) is 9.54. The lowest BCUT2D eigenvalue weighted by Crippen LogP contribution is -2.59. The number of nitrogens with zero attached hydrogens (tertiary/aromatic N) is 1. The van der Waals surface area contributed by atoms with Gasteiger partial charge in [0.25, 0.3) is 0 Å². The highest BCUT2D eigenvalue weighted by Crippen LogP contribution is 2.49. The summed E-state index contributed by atoms with van der Waals surface area (Å²) in [5, 5.41) is 0. The molecule has 0 radical (unpaired) electrons. The summed E-state index contributed by atoms with van der Waals surface area (Å²) in [5.41, 5.74) is 5.97. The van der Waals surface area contributed by atoms with E-state index < -0.39 is 0 Å². The lowest BCUT2D eigenvalue weighted by atomic mass is 9.62. The highest BCUT2D eigenvalue weighted by Gasteiger charge is 2.46. The van der Waals surface area contributed by atoms with Crippen molar-refractivity contribution in [3.63, 3.8) is 0 Å². The minimum Gasteiger partial charge on any atom is -0.362 e. The normalized spacial score (nSPS) is 16.2. The van der Waals surface area contributed by atoms with Gasteiger partial charge in [0, 0.05) is 29.0 Å². The molecule has 2 heteroatoms. The summed E-state index contributed by atoms with van der Waals surface area (Å²) in [5.74, 6) is 0.536. The smallest absolute Gasteiger partial charge is 0.0543 e. The Morgan fingerprint density at radius 3 is 1.70 bits per heavy atom. The quantitative estimate of drug-likeness (QED) is 0.487. The molecule has 188 valence electrons. The molecule has 2 rings (SSSR count). The Morgan fingerprint density at radius 2 is 1.30 bits per heavy atom. The molecule has 0 aromatic carbocycles. The van der Waals surface area contributed by atoms with Gasteiger partial charge in [-0.25, -0.2) is 0 Å². The van der Waals surface area contributed by atoms with Gasteiger partial charge in [-0.1, -0.05) is 89.2 Å². The summed E-state index contributed by atoms with van der Waals surface area (Å²) >= 11 is 0. The van der Waals surface area contributed by atoms with Crippen LogP contribution in [0.4, 0.5) is 5.69 Å². The van der Waals surface area contributed by atoms with Gasteiger partial charge in [-0.2, -0.15) is 0 Å². The summed E-state index contributed by atoms with van der Waals surface area (Å²) in [6, 6.07) is 7.37. The first-order valence-corrected chi connectivity index (χ1v) is 12.9. The molecular weight excluding hydrogens is 400 g/mol. The maximum atomic E-state index is 3.66. The van der Waals surface area contributed by atoms with Crippen LogP contribution in [0.3, 0.4) is 0 Å². The summed E-state index contributed by atoms with van der Waals surface area (Å²) in [4.78, 5) is 6.40. The largest absolute Gasteiger partial charge is 0.362 e. The van der Waals surface area contributed by atoms with Crippen LogP contribution in [0, 0.1) is 22.2 Å². The number of H-pyrrole nitrogens is 1. The van der Waals surface area contributed by atoms with Gasteiger partial charge in [0.2, 0.25) is 0 Å². The molecule has 0 fully saturated rings. The maximum absolute atomic E-state index is 3.66. The topological polar surface area (TPSA) is 19.0 Å². The van der Waals surface area contributed by atoms with E-state index in [1.54, 1.807) is 0 Å². The molecule has 1 aliphatic carbocycles. The minimum atomic E-state index is -0.0185. The number of pyridine rings is 1. The third-order valence-electron chi connectivity index (χ3n) is 6.96. The molecule has 1 N–H and O–H groups in total. The van der Waals surface area contributed by atoms with Gasteiger partial charge in [-0.15, -0.1) is 0 Å². The van der Waals surface area contributed by atoms with Crippen LogP contribution in [0.5, 0.6) is 0 Å². The first kappa shape index (κ1) is 27.8. The zero-order valence-corrected chi connectivity index (χ0v) is 24.6. The van der Waals surface area contributed by atoms with E-state index in [4.69, 9.17) is 0 Å². The monoisotopic (exact) mass is 454 g/mol. The van der Waals surface area contributed by atoms with Crippen LogP contribution in [-0.4, -0.2) is 16.6 Å².